The lowest BCUT2D eigenvalue weighted by Gasteiger charge is -2.24. The molecule has 0 aliphatic carbocycles. The summed E-state index contributed by atoms with van der Waals surface area (Å²) in [6, 6.07) is 10.7. The first-order valence-electron chi connectivity index (χ1n) is 7.80. The third-order valence-electron chi connectivity index (χ3n) is 3.87. The third-order valence-corrected chi connectivity index (χ3v) is 4.92. The van der Waals surface area contributed by atoms with E-state index in [-0.39, 0.29) is 0 Å². The number of para-hydroxylation sites is 1. The van der Waals surface area contributed by atoms with E-state index in [1.54, 1.807) is 0 Å². The summed E-state index contributed by atoms with van der Waals surface area (Å²) in [7, 11) is 0. The van der Waals surface area contributed by atoms with Crippen molar-refractivity contribution < 1.29 is 0 Å². The van der Waals surface area contributed by atoms with Gasteiger partial charge in [0.15, 0.2) is 0 Å². The molecule has 2 heterocycles. The van der Waals surface area contributed by atoms with Crippen LogP contribution in [0.4, 0.5) is 5.82 Å². The van der Waals surface area contributed by atoms with Crippen molar-refractivity contribution in [1.82, 2.24) is 10.3 Å². The van der Waals surface area contributed by atoms with Crippen molar-refractivity contribution >= 4 is 28.5 Å². The minimum Gasteiger partial charge on any atom is -0.355 e. The van der Waals surface area contributed by atoms with Crippen LogP contribution >= 0.6 is 11.8 Å². The number of rotatable bonds is 4. The van der Waals surface area contributed by atoms with E-state index >= 15 is 0 Å². The highest BCUT2D eigenvalue weighted by Gasteiger charge is 2.16. The Kier molecular flexibility index (Phi) is 4.99. The average Bonchev–Trinajstić information content (AvgIpc) is 2.81. The van der Waals surface area contributed by atoms with Gasteiger partial charge in [-0.1, -0.05) is 25.1 Å². The summed E-state index contributed by atoms with van der Waals surface area (Å²) in [5, 5.41) is 4.69. The Hall–Kier alpha value is -1.26. The first kappa shape index (κ1) is 14.7. The summed E-state index contributed by atoms with van der Waals surface area (Å²) in [5.41, 5.74) is 2.42. The molecule has 1 fully saturated rings. The Bertz CT molecular complexity index is 592. The summed E-state index contributed by atoms with van der Waals surface area (Å²) in [6.45, 7) is 6.26. The Morgan fingerprint density at radius 1 is 1.24 bits per heavy atom. The largest absolute Gasteiger partial charge is 0.355 e. The number of anilines is 1. The van der Waals surface area contributed by atoms with E-state index in [1.807, 2.05) is 0 Å². The molecule has 3 rings (SSSR count). The molecule has 0 radical (unpaired) electrons. The number of nitrogens with one attached hydrogen (secondary N) is 1. The van der Waals surface area contributed by atoms with Gasteiger partial charge in [0.2, 0.25) is 0 Å². The molecule has 0 spiro atoms. The zero-order valence-electron chi connectivity index (χ0n) is 12.6. The van der Waals surface area contributed by atoms with Crippen LogP contribution in [-0.4, -0.2) is 36.1 Å². The maximum Gasteiger partial charge on any atom is 0.133 e. The number of pyridine rings is 1. The molecule has 0 saturated carbocycles. The lowest BCUT2D eigenvalue weighted by Crippen LogP contribution is -2.28. The Morgan fingerprint density at radius 2 is 2.14 bits per heavy atom. The molecule has 112 valence electrons. The van der Waals surface area contributed by atoms with Crippen LogP contribution in [0, 0.1) is 0 Å². The molecule has 0 amide bonds. The van der Waals surface area contributed by atoms with Crippen molar-refractivity contribution in [1.29, 1.82) is 0 Å². The van der Waals surface area contributed by atoms with Crippen LogP contribution in [0.25, 0.3) is 10.9 Å². The zero-order valence-corrected chi connectivity index (χ0v) is 13.5. The van der Waals surface area contributed by atoms with Crippen molar-refractivity contribution in [3.63, 3.8) is 0 Å². The second-order valence-corrected chi connectivity index (χ2v) is 6.62. The molecule has 3 nitrogen and oxygen atoms in total. The van der Waals surface area contributed by atoms with Crippen molar-refractivity contribution in [3.8, 4) is 0 Å². The molecule has 1 aliphatic heterocycles. The molecule has 0 unspecified atom stereocenters. The maximum atomic E-state index is 4.97. The monoisotopic (exact) mass is 301 g/mol. The van der Waals surface area contributed by atoms with Crippen LogP contribution < -0.4 is 10.2 Å². The van der Waals surface area contributed by atoms with Gasteiger partial charge < -0.3 is 10.2 Å². The Labute approximate surface area is 131 Å². The number of benzene rings is 1. The van der Waals surface area contributed by atoms with Gasteiger partial charge in [0.05, 0.1) is 5.52 Å². The number of hydrogen-bond donors (Lipinski definition) is 1. The van der Waals surface area contributed by atoms with E-state index < -0.39 is 0 Å². The molecule has 0 atom stereocenters. The van der Waals surface area contributed by atoms with Crippen molar-refractivity contribution in [2.24, 2.45) is 0 Å². The van der Waals surface area contributed by atoms with Crippen LogP contribution in [0.2, 0.25) is 0 Å². The van der Waals surface area contributed by atoms with Crippen LogP contribution in [0.5, 0.6) is 0 Å². The fourth-order valence-electron chi connectivity index (χ4n) is 2.77. The van der Waals surface area contributed by atoms with Gasteiger partial charge in [-0.25, -0.2) is 4.98 Å². The molecule has 2 aromatic rings. The van der Waals surface area contributed by atoms with Gasteiger partial charge in [-0.15, -0.1) is 0 Å². The first-order chi connectivity index (χ1) is 10.4. The van der Waals surface area contributed by atoms with Gasteiger partial charge in [0, 0.05) is 36.3 Å². The predicted molar refractivity (Wildman–Crippen MR) is 93.3 cm³/mol. The smallest absolute Gasteiger partial charge is 0.133 e. The van der Waals surface area contributed by atoms with Gasteiger partial charge in [0.1, 0.15) is 5.82 Å². The molecule has 1 saturated heterocycles. The van der Waals surface area contributed by atoms with Gasteiger partial charge >= 0.3 is 0 Å². The van der Waals surface area contributed by atoms with E-state index in [1.165, 1.54) is 34.7 Å². The highest BCUT2D eigenvalue weighted by Crippen LogP contribution is 2.25. The normalized spacial score (nSPS) is 16.1. The number of thioether (sulfide) groups is 1. The number of fused-ring (bicyclic) bond motifs is 1. The second kappa shape index (κ2) is 7.14. The lowest BCUT2D eigenvalue weighted by molar-refractivity contribution is 0.715. The first-order valence-corrected chi connectivity index (χ1v) is 8.96. The molecular weight excluding hydrogens is 278 g/mol. The van der Waals surface area contributed by atoms with Crippen LogP contribution in [-0.2, 0) is 6.54 Å². The minimum absolute atomic E-state index is 0.896. The summed E-state index contributed by atoms with van der Waals surface area (Å²) < 4.78 is 0. The highest BCUT2D eigenvalue weighted by atomic mass is 32.2. The summed E-state index contributed by atoms with van der Waals surface area (Å²) in [4.78, 5) is 7.44. The number of aromatic nitrogens is 1. The van der Waals surface area contributed by atoms with E-state index in [0.717, 1.165) is 31.7 Å². The van der Waals surface area contributed by atoms with Crippen LogP contribution in [0.1, 0.15) is 18.9 Å². The second-order valence-electron chi connectivity index (χ2n) is 5.40. The van der Waals surface area contributed by atoms with Gasteiger partial charge in [0.25, 0.3) is 0 Å². The van der Waals surface area contributed by atoms with E-state index in [4.69, 9.17) is 4.98 Å². The average molecular weight is 301 g/mol. The molecule has 1 aliphatic rings. The number of hydrogen-bond acceptors (Lipinski definition) is 4. The predicted octanol–water partition coefficient (Wildman–Crippen LogP) is 3.29. The molecule has 0 bridgehead atoms. The SMILES string of the molecule is CCNCc1cc2ccccc2nc1N1CCCSCC1. The summed E-state index contributed by atoms with van der Waals surface area (Å²) in [6.07, 6.45) is 1.25. The molecule has 4 heteroatoms. The van der Waals surface area contributed by atoms with E-state index in [2.05, 4.69) is 59.2 Å². The van der Waals surface area contributed by atoms with E-state index in [0.29, 0.717) is 0 Å². The van der Waals surface area contributed by atoms with Gasteiger partial charge in [-0.3, -0.25) is 0 Å². The molecule has 1 aromatic carbocycles. The number of nitrogens with zero attached hydrogens (tertiary/aromatic N) is 2. The van der Waals surface area contributed by atoms with Crippen molar-refractivity contribution in [2.75, 3.05) is 36.0 Å². The van der Waals surface area contributed by atoms with Gasteiger partial charge in [-0.05, 0) is 30.9 Å². The fraction of sp³-hybridized carbons (Fsp3) is 0.471. The summed E-state index contributed by atoms with van der Waals surface area (Å²) >= 11 is 2.06. The Balaban J connectivity index is 1.99. The topological polar surface area (TPSA) is 28.2 Å². The quantitative estimate of drug-likeness (QED) is 0.938. The van der Waals surface area contributed by atoms with Crippen LogP contribution in [0.3, 0.4) is 0 Å². The highest BCUT2D eigenvalue weighted by molar-refractivity contribution is 7.99. The minimum atomic E-state index is 0.896. The Morgan fingerprint density at radius 3 is 3.05 bits per heavy atom. The van der Waals surface area contributed by atoms with Crippen molar-refractivity contribution in [2.45, 2.75) is 19.9 Å². The van der Waals surface area contributed by atoms with Gasteiger partial charge in [-0.2, -0.15) is 11.8 Å². The molecule has 21 heavy (non-hydrogen) atoms. The van der Waals surface area contributed by atoms with Crippen LogP contribution in [0.15, 0.2) is 30.3 Å². The zero-order chi connectivity index (χ0) is 14.5. The fourth-order valence-corrected chi connectivity index (χ4v) is 3.66. The third kappa shape index (κ3) is 3.50. The molecular formula is C17H23N3S. The maximum absolute atomic E-state index is 4.97. The summed E-state index contributed by atoms with van der Waals surface area (Å²) in [5.74, 6) is 3.65. The lowest BCUT2D eigenvalue weighted by atomic mass is 10.1. The standard InChI is InChI=1S/C17H23N3S/c1-2-18-13-15-12-14-6-3-4-7-16(14)19-17(15)20-8-5-10-21-11-9-20/h3-4,6-7,12,18H,2,5,8-11,13H2,1H3. The van der Waals surface area contributed by atoms with E-state index in [9.17, 15) is 0 Å². The molecule has 1 N–H and O–H groups in total. The van der Waals surface area contributed by atoms with Crippen molar-refractivity contribution in [3.05, 3.63) is 35.9 Å². The molecule has 1 aromatic heterocycles.